The number of hydrogen-bond donors (Lipinski definition) is 6. The first-order chi connectivity index (χ1) is 15.0. The van der Waals surface area contributed by atoms with Crippen molar-refractivity contribution in [2.45, 2.75) is 84.0 Å². The molecule has 0 aliphatic carbocycles. The van der Waals surface area contributed by atoms with Crippen LogP contribution in [0.3, 0.4) is 0 Å². The Kier molecular flexibility index (Phi) is 11.1. The second-order valence-electron chi connectivity index (χ2n) is 8.66. The zero-order chi connectivity index (χ0) is 24.4. The molecule has 1 rings (SSSR count). The average Bonchev–Trinajstić information content (AvgIpc) is 3.26. The molecule has 1 fully saturated rings. The molecule has 0 aromatic rings. The monoisotopic (exact) mass is 455 g/mol. The predicted molar refractivity (Wildman–Crippen MR) is 117 cm³/mol. The van der Waals surface area contributed by atoms with Crippen molar-refractivity contribution in [3.05, 3.63) is 0 Å². The highest BCUT2D eigenvalue weighted by Crippen LogP contribution is 2.11. The number of primary amides is 1. The Balaban J connectivity index is 2.94. The van der Waals surface area contributed by atoms with Gasteiger partial charge in [-0.2, -0.15) is 0 Å². The molecule has 5 unspecified atom stereocenters. The topological polar surface area (TPSA) is 180 Å². The first kappa shape index (κ1) is 27.3. The van der Waals surface area contributed by atoms with Gasteiger partial charge in [-0.25, -0.2) is 4.79 Å². The van der Waals surface area contributed by atoms with Gasteiger partial charge in [0.15, 0.2) is 0 Å². The van der Waals surface area contributed by atoms with E-state index in [1.54, 1.807) is 27.7 Å². The molecule has 0 aromatic carbocycles. The number of rotatable bonds is 13. The molecule has 0 aromatic heterocycles. The number of aliphatic carboxylic acids is 1. The van der Waals surface area contributed by atoms with E-state index < -0.39 is 41.8 Å². The van der Waals surface area contributed by atoms with E-state index in [1.165, 1.54) is 0 Å². The van der Waals surface area contributed by atoms with Crippen molar-refractivity contribution < 1.29 is 29.1 Å². The van der Waals surface area contributed by atoms with Crippen LogP contribution in [0.1, 0.15) is 59.8 Å². The van der Waals surface area contributed by atoms with E-state index in [4.69, 9.17) is 5.73 Å². The Bertz CT molecular complexity index is 692. The molecule has 5 atom stereocenters. The lowest BCUT2D eigenvalue weighted by molar-refractivity contribution is -0.144. The maximum absolute atomic E-state index is 12.9. The quantitative estimate of drug-likeness (QED) is 0.211. The van der Waals surface area contributed by atoms with E-state index in [-0.39, 0.29) is 36.6 Å². The van der Waals surface area contributed by atoms with Gasteiger partial charge in [0.25, 0.3) is 0 Å². The van der Waals surface area contributed by atoms with Crippen molar-refractivity contribution >= 4 is 29.6 Å². The Morgan fingerprint density at radius 1 is 1.03 bits per heavy atom. The van der Waals surface area contributed by atoms with E-state index in [9.17, 15) is 29.1 Å². The Hall–Kier alpha value is -2.69. The molecule has 0 spiro atoms. The minimum absolute atomic E-state index is 0.0945. The van der Waals surface area contributed by atoms with E-state index in [0.717, 1.165) is 13.0 Å². The second kappa shape index (κ2) is 13.0. The van der Waals surface area contributed by atoms with Crippen LogP contribution in [0.25, 0.3) is 0 Å². The van der Waals surface area contributed by atoms with Gasteiger partial charge in [0.05, 0.1) is 6.04 Å². The fraction of sp³-hybridized carbons (Fsp3) is 0.762. The number of hydrogen-bond acceptors (Lipinski definition) is 6. The Morgan fingerprint density at radius 3 is 2.16 bits per heavy atom. The van der Waals surface area contributed by atoms with Gasteiger partial charge in [-0.1, -0.05) is 34.1 Å². The van der Waals surface area contributed by atoms with Crippen molar-refractivity contribution in [3.8, 4) is 0 Å². The summed E-state index contributed by atoms with van der Waals surface area (Å²) in [6.45, 7) is 7.74. The number of carbonyl (C=O) groups excluding carboxylic acids is 4. The zero-order valence-corrected chi connectivity index (χ0v) is 19.3. The summed E-state index contributed by atoms with van der Waals surface area (Å²) in [5.41, 5.74) is 5.19. The van der Waals surface area contributed by atoms with Crippen molar-refractivity contribution in [1.29, 1.82) is 0 Å². The molecule has 1 saturated heterocycles. The summed E-state index contributed by atoms with van der Waals surface area (Å²) in [6.07, 6.45) is 1.79. The molecule has 11 nitrogen and oxygen atoms in total. The molecule has 32 heavy (non-hydrogen) atoms. The second-order valence-corrected chi connectivity index (χ2v) is 8.66. The van der Waals surface area contributed by atoms with Crippen LogP contribution in [-0.2, 0) is 24.0 Å². The van der Waals surface area contributed by atoms with Crippen molar-refractivity contribution in [2.24, 2.45) is 17.6 Å². The fourth-order valence-electron chi connectivity index (χ4n) is 3.45. The highest BCUT2D eigenvalue weighted by atomic mass is 16.4. The fourth-order valence-corrected chi connectivity index (χ4v) is 3.45. The molecular formula is C21H37N5O6. The molecule has 7 N–H and O–H groups in total. The van der Waals surface area contributed by atoms with Gasteiger partial charge in [-0.3, -0.25) is 19.2 Å². The lowest BCUT2D eigenvalue weighted by atomic mass is 9.98. The van der Waals surface area contributed by atoms with E-state index in [1.807, 2.05) is 0 Å². The molecule has 0 radical (unpaired) electrons. The third-order valence-corrected chi connectivity index (χ3v) is 5.71. The molecule has 1 aliphatic heterocycles. The molecule has 182 valence electrons. The van der Waals surface area contributed by atoms with Crippen LogP contribution in [-0.4, -0.2) is 65.4 Å². The van der Waals surface area contributed by atoms with Crippen LogP contribution in [0.15, 0.2) is 0 Å². The van der Waals surface area contributed by atoms with Crippen LogP contribution in [0.5, 0.6) is 0 Å². The average molecular weight is 456 g/mol. The largest absolute Gasteiger partial charge is 0.480 e. The lowest BCUT2D eigenvalue weighted by Gasteiger charge is -2.27. The third-order valence-electron chi connectivity index (χ3n) is 5.71. The van der Waals surface area contributed by atoms with Crippen LogP contribution in [0, 0.1) is 11.8 Å². The summed E-state index contributed by atoms with van der Waals surface area (Å²) in [5.74, 6) is -4.07. The first-order valence-corrected chi connectivity index (χ1v) is 11.1. The van der Waals surface area contributed by atoms with Gasteiger partial charge >= 0.3 is 5.97 Å². The first-order valence-electron chi connectivity index (χ1n) is 11.1. The molecule has 1 heterocycles. The number of nitrogens with two attached hydrogens (primary N) is 1. The van der Waals surface area contributed by atoms with Crippen LogP contribution in [0.4, 0.5) is 0 Å². The molecule has 1 aliphatic rings. The van der Waals surface area contributed by atoms with E-state index >= 15 is 0 Å². The van der Waals surface area contributed by atoms with Crippen molar-refractivity contribution in [3.63, 3.8) is 0 Å². The predicted octanol–water partition coefficient (Wildman–Crippen LogP) is -0.755. The summed E-state index contributed by atoms with van der Waals surface area (Å²) in [5, 5.41) is 20.2. The Morgan fingerprint density at radius 2 is 1.69 bits per heavy atom. The molecule has 0 bridgehead atoms. The van der Waals surface area contributed by atoms with Gasteiger partial charge in [0, 0.05) is 6.42 Å². The summed E-state index contributed by atoms with van der Waals surface area (Å²) >= 11 is 0. The lowest BCUT2D eigenvalue weighted by Crippen LogP contribution is -2.58. The molecule has 0 saturated carbocycles. The highest BCUT2D eigenvalue weighted by molar-refractivity contribution is 5.94. The van der Waals surface area contributed by atoms with Crippen molar-refractivity contribution in [1.82, 2.24) is 21.3 Å². The van der Waals surface area contributed by atoms with Crippen LogP contribution in [0.2, 0.25) is 0 Å². The molecule has 4 amide bonds. The summed E-state index contributed by atoms with van der Waals surface area (Å²) in [6, 6.07) is -3.60. The zero-order valence-electron chi connectivity index (χ0n) is 19.3. The van der Waals surface area contributed by atoms with Crippen molar-refractivity contribution in [2.75, 3.05) is 6.54 Å². The van der Waals surface area contributed by atoms with Gasteiger partial charge in [0.1, 0.15) is 18.1 Å². The number of carboxylic acid groups (broad SMARTS) is 1. The van der Waals surface area contributed by atoms with Gasteiger partial charge in [-0.15, -0.1) is 0 Å². The maximum Gasteiger partial charge on any atom is 0.326 e. The van der Waals surface area contributed by atoms with Gasteiger partial charge in [-0.05, 0) is 37.6 Å². The maximum atomic E-state index is 12.9. The number of carbonyl (C=O) groups is 5. The number of nitrogens with one attached hydrogen (secondary N) is 4. The SMILES string of the molecule is CCC(C)C(NC(=O)C(CCC(N)=O)NC(=O)C(NC(=O)C1CCCN1)C(C)C)C(=O)O. The summed E-state index contributed by atoms with van der Waals surface area (Å²) < 4.78 is 0. The number of amides is 4. The minimum atomic E-state index is -1.19. The smallest absolute Gasteiger partial charge is 0.326 e. The number of carboxylic acids is 1. The standard InChI is InChI=1S/C21H37N5O6/c1-5-12(4)17(21(31)32)26-19(29)14(8-9-15(22)27)24-20(30)16(11(2)3)25-18(28)13-7-6-10-23-13/h11-14,16-17,23H,5-10H2,1-4H3,(H2,22,27)(H,24,30)(H,25,28)(H,26,29)(H,31,32). The van der Waals surface area contributed by atoms with Crippen LogP contribution >= 0.6 is 0 Å². The summed E-state index contributed by atoms with van der Waals surface area (Å²) in [4.78, 5) is 61.0. The molecule has 11 heteroatoms. The van der Waals surface area contributed by atoms with Gasteiger partial charge < -0.3 is 32.1 Å². The minimum Gasteiger partial charge on any atom is -0.480 e. The van der Waals surface area contributed by atoms with Gasteiger partial charge in [0.2, 0.25) is 23.6 Å². The van der Waals surface area contributed by atoms with E-state index in [2.05, 4.69) is 21.3 Å². The third kappa shape index (κ3) is 8.45. The molecular weight excluding hydrogens is 418 g/mol. The summed E-state index contributed by atoms with van der Waals surface area (Å²) in [7, 11) is 0. The Labute approximate surface area is 188 Å². The highest BCUT2D eigenvalue weighted by Gasteiger charge is 2.33. The van der Waals surface area contributed by atoms with E-state index in [0.29, 0.717) is 12.8 Å². The van der Waals surface area contributed by atoms with Crippen LogP contribution < -0.4 is 27.0 Å². The normalized spacial score (nSPS) is 19.5.